The minimum atomic E-state index is -0.272. The van der Waals surface area contributed by atoms with Crippen molar-refractivity contribution < 1.29 is 4.79 Å². The van der Waals surface area contributed by atoms with Gasteiger partial charge in [0.25, 0.3) is 11.5 Å². The van der Waals surface area contributed by atoms with Crippen LogP contribution < -0.4 is 10.9 Å². The molecule has 2 atom stereocenters. The third kappa shape index (κ3) is 2.19. The van der Waals surface area contributed by atoms with Crippen LogP contribution in [0.15, 0.2) is 29.1 Å². The number of benzene rings is 1. The Balaban J connectivity index is 1.96. The van der Waals surface area contributed by atoms with Crippen LogP contribution in [0.4, 0.5) is 0 Å². The summed E-state index contributed by atoms with van der Waals surface area (Å²) in [6, 6.07) is 7.24. The topological polar surface area (TPSA) is 74.8 Å². The molecular formula is C15H17N3O2. The van der Waals surface area contributed by atoms with Crippen molar-refractivity contribution in [2.45, 2.75) is 32.2 Å². The number of rotatable bonds is 2. The third-order valence-electron chi connectivity index (χ3n) is 4.09. The zero-order valence-electron chi connectivity index (χ0n) is 11.3. The van der Waals surface area contributed by atoms with Crippen molar-refractivity contribution in [1.29, 1.82) is 0 Å². The smallest absolute Gasteiger partial charge is 0.272 e. The van der Waals surface area contributed by atoms with Gasteiger partial charge in [-0.1, -0.05) is 31.5 Å². The summed E-state index contributed by atoms with van der Waals surface area (Å²) in [5, 5.41) is 10.4. The number of aromatic amines is 1. The largest absolute Gasteiger partial charge is 0.348 e. The lowest BCUT2D eigenvalue weighted by molar-refractivity contribution is 0.0925. The van der Waals surface area contributed by atoms with E-state index < -0.39 is 0 Å². The fraction of sp³-hybridized carbons (Fsp3) is 0.400. The second kappa shape index (κ2) is 5.07. The van der Waals surface area contributed by atoms with Gasteiger partial charge >= 0.3 is 0 Å². The zero-order valence-corrected chi connectivity index (χ0v) is 11.3. The van der Waals surface area contributed by atoms with Gasteiger partial charge in [0.05, 0.1) is 5.39 Å². The van der Waals surface area contributed by atoms with Gasteiger partial charge in [-0.25, -0.2) is 5.10 Å². The van der Waals surface area contributed by atoms with E-state index in [-0.39, 0.29) is 17.5 Å². The average Bonchev–Trinajstić information content (AvgIpc) is 2.85. The van der Waals surface area contributed by atoms with Crippen molar-refractivity contribution in [3.63, 3.8) is 0 Å². The Morgan fingerprint density at radius 2 is 2.05 bits per heavy atom. The number of nitrogens with zero attached hydrogens (tertiary/aromatic N) is 1. The quantitative estimate of drug-likeness (QED) is 0.875. The van der Waals surface area contributed by atoms with Gasteiger partial charge in [-0.2, -0.15) is 5.10 Å². The molecule has 20 heavy (non-hydrogen) atoms. The Hall–Kier alpha value is -2.17. The maximum Gasteiger partial charge on any atom is 0.272 e. The summed E-state index contributed by atoms with van der Waals surface area (Å²) < 4.78 is 0. The predicted octanol–water partition coefficient (Wildman–Crippen LogP) is 1.84. The van der Waals surface area contributed by atoms with E-state index in [9.17, 15) is 9.59 Å². The van der Waals surface area contributed by atoms with Crippen LogP contribution in [-0.4, -0.2) is 22.1 Å². The molecule has 0 unspecified atom stereocenters. The minimum Gasteiger partial charge on any atom is -0.348 e. The highest BCUT2D eigenvalue weighted by molar-refractivity contribution is 6.04. The number of carbonyl (C=O) groups excluding carboxylic acids is 1. The van der Waals surface area contributed by atoms with E-state index in [1.165, 1.54) is 0 Å². The normalized spacial score (nSPS) is 22.1. The molecule has 5 heteroatoms. The van der Waals surface area contributed by atoms with E-state index in [0.717, 1.165) is 19.3 Å². The molecule has 1 heterocycles. The van der Waals surface area contributed by atoms with Crippen LogP contribution in [0, 0.1) is 5.92 Å². The van der Waals surface area contributed by atoms with E-state index in [2.05, 4.69) is 22.4 Å². The Bertz CT molecular complexity index is 708. The van der Waals surface area contributed by atoms with Crippen LogP contribution >= 0.6 is 0 Å². The number of hydrogen-bond acceptors (Lipinski definition) is 3. The Morgan fingerprint density at radius 1 is 1.30 bits per heavy atom. The summed E-state index contributed by atoms with van der Waals surface area (Å²) in [7, 11) is 0. The van der Waals surface area contributed by atoms with E-state index in [4.69, 9.17) is 0 Å². The van der Waals surface area contributed by atoms with Gasteiger partial charge in [0, 0.05) is 11.4 Å². The summed E-state index contributed by atoms with van der Waals surface area (Å²) in [5.74, 6) is 0.282. The van der Waals surface area contributed by atoms with Gasteiger partial charge in [-0.15, -0.1) is 0 Å². The first kappa shape index (κ1) is 12.8. The summed E-state index contributed by atoms with van der Waals surface area (Å²) in [6.07, 6.45) is 3.30. The molecule has 1 aliphatic rings. The van der Waals surface area contributed by atoms with E-state index in [1.54, 1.807) is 24.3 Å². The number of carbonyl (C=O) groups is 1. The van der Waals surface area contributed by atoms with Crippen LogP contribution in [0.2, 0.25) is 0 Å². The van der Waals surface area contributed by atoms with Crippen LogP contribution in [-0.2, 0) is 0 Å². The van der Waals surface area contributed by atoms with Gasteiger partial charge in [-0.05, 0) is 24.8 Å². The Labute approximate surface area is 116 Å². The van der Waals surface area contributed by atoms with Crippen molar-refractivity contribution in [3.05, 3.63) is 40.3 Å². The fourth-order valence-electron chi connectivity index (χ4n) is 2.88. The van der Waals surface area contributed by atoms with Crippen molar-refractivity contribution >= 4 is 16.7 Å². The zero-order chi connectivity index (χ0) is 14.1. The molecular weight excluding hydrogens is 254 g/mol. The van der Waals surface area contributed by atoms with Gasteiger partial charge in [0.2, 0.25) is 0 Å². The number of H-pyrrole nitrogens is 1. The van der Waals surface area contributed by atoms with Crippen molar-refractivity contribution in [3.8, 4) is 0 Å². The lowest BCUT2D eigenvalue weighted by Gasteiger charge is -2.17. The average molecular weight is 271 g/mol. The molecule has 1 saturated carbocycles. The molecule has 0 aliphatic heterocycles. The van der Waals surface area contributed by atoms with Crippen LogP contribution in [0.1, 0.15) is 36.7 Å². The van der Waals surface area contributed by atoms with Crippen molar-refractivity contribution in [2.75, 3.05) is 0 Å². The molecule has 0 radical (unpaired) electrons. The fourth-order valence-corrected chi connectivity index (χ4v) is 2.88. The molecule has 2 aromatic rings. The van der Waals surface area contributed by atoms with E-state index in [1.807, 2.05) is 0 Å². The van der Waals surface area contributed by atoms with Crippen LogP contribution in [0.25, 0.3) is 10.8 Å². The first-order valence-corrected chi connectivity index (χ1v) is 6.95. The molecule has 1 aromatic carbocycles. The highest BCUT2D eigenvalue weighted by atomic mass is 16.2. The van der Waals surface area contributed by atoms with E-state index >= 15 is 0 Å². The monoisotopic (exact) mass is 271 g/mol. The van der Waals surface area contributed by atoms with Crippen LogP contribution in [0.3, 0.4) is 0 Å². The minimum absolute atomic E-state index is 0.204. The molecule has 3 rings (SSSR count). The first-order valence-electron chi connectivity index (χ1n) is 6.95. The van der Waals surface area contributed by atoms with Crippen LogP contribution in [0.5, 0.6) is 0 Å². The van der Waals surface area contributed by atoms with E-state index in [0.29, 0.717) is 22.4 Å². The molecule has 1 amide bonds. The standard InChI is InChI=1S/C15H17N3O2/c1-9-5-4-8-12(9)16-15(20)13-10-6-2-3-7-11(10)14(19)18-17-13/h2-3,6-7,9,12H,4-5,8H2,1H3,(H,16,20)(H,18,19)/t9-,12+/m0/s1. The molecule has 1 fully saturated rings. The number of nitrogens with one attached hydrogen (secondary N) is 2. The lowest BCUT2D eigenvalue weighted by Crippen LogP contribution is -2.37. The Kier molecular flexibility index (Phi) is 3.26. The summed E-state index contributed by atoms with van der Waals surface area (Å²) in [5.41, 5.74) is 0.0192. The van der Waals surface area contributed by atoms with Gasteiger partial charge in [0.15, 0.2) is 5.69 Å². The molecule has 1 aromatic heterocycles. The number of fused-ring (bicyclic) bond motifs is 1. The second-order valence-corrected chi connectivity index (χ2v) is 5.44. The highest BCUT2D eigenvalue weighted by Crippen LogP contribution is 2.25. The number of amides is 1. The third-order valence-corrected chi connectivity index (χ3v) is 4.09. The molecule has 0 bridgehead atoms. The lowest BCUT2D eigenvalue weighted by atomic mass is 10.1. The second-order valence-electron chi connectivity index (χ2n) is 5.44. The summed E-state index contributed by atoms with van der Waals surface area (Å²) in [4.78, 5) is 24.1. The highest BCUT2D eigenvalue weighted by Gasteiger charge is 2.26. The van der Waals surface area contributed by atoms with Gasteiger partial charge < -0.3 is 5.32 Å². The maximum atomic E-state index is 12.4. The molecule has 5 nitrogen and oxygen atoms in total. The van der Waals surface area contributed by atoms with Gasteiger partial charge in [0.1, 0.15) is 0 Å². The molecule has 0 saturated heterocycles. The van der Waals surface area contributed by atoms with Crippen molar-refractivity contribution in [1.82, 2.24) is 15.5 Å². The molecule has 2 N–H and O–H groups in total. The first-order chi connectivity index (χ1) is 9.66. The predicted molar refractivity (Wildman–Crippen MR) is 76.6 cm³/mol. The summed E-state index contributed by atoms with van der Waals surface area (Å²) >= 11 is 0. The molecule has 0 spiro atoms. The Morgan fingerprint density at radius 3 is 2.75 bits per heavy atom. The van der Waals surface area contributed by atoms with Crippen molar-refractivity contribution in [2.24, 2.45) is 5.92 Å². The SMILES string of the molecule is C[C@H]1CCC[C@H]1NC(=O)c1n[nH]c(=O)c2ccccc12. The molecule has 104 valence electrons. The maximum absolute atomic E-state index is 12.4. The number of aromatic nitrogens is 2. The van der Waals surface area contributed by atoms with Gasteiger partial charge in [-0.3, -0.25) is 9.59 Å². The number of hydrogen-bond donors (Lipinski definition) is 2. The molecule has 1 aliphatic carbocycles. The summed E-state index contributed by atoms with van der Waals surface area (Å²) in [6.45, 7) is 2.15.